The number of β-lactam (4-membered cyclic amide) rings is 1. The Labute approximate surface area is 129 Å². The van der Waals surface area contributed by atoms with Crippen LogP contribution in [-0.2, 0) is 4.79 Å². The molecule has 1 atom stereocenters. The molecule has 0 radical (unpaired) electrons. The molecule has 1 fully saturated rings. The third-order valence-electron chi connectivity index (χ3n) is 4.28. The average molecular weight is 288 g/mol. The van der Waals surface area contributed by atoms with Gasteiger partial charge in [0.15, 0.2) is 0 Å². The standard InChI is InChI=1S/C19H16N2O/c1-13-7-9-14(10-8-13)17-12-18(22)21(17)16-6-2-4-15-5-3-11-20-19(15)16/h2-11,17H,12H2,1H3. The predicted molar refractivity (Wildman–Crippen MR) is 87.8 cm³/mol. The molecule has 3 aromatic rings. The summed E-state index contributed by atoms with van der Waals surface area (Å²) in [7, 11) is 0. The number of benzene rings is 2. The summed E-state index contributed by atoms with van der Waals surface area (Å²) in [5.41, 5.74) is 4.20. The molecule has 3 heteroatoms. The number of hydrogen-bond donors (Lipinski definition) is 0. The lowest BCUT2D eigenvalue weighted by molar-refractivity contribution is -0.124. The van der Waals surface area contributed by atoms with Gasteiger partial charge in [-0.2, -0.15) is 0 Å². The van der Waals surface area contributed by atoms with E-state index in [1.165, 1.54) is 11.1 Å². The van der Waals surface area contributed by atoms with E-state index in [1.54, 1.807) is 6.20 Å². The molecule has 1 unspecified atom stereocenters. The molecule has 4 rings (SSSR count). The molecule has 2 heterocycles. The molecule has 3 nitrogen and oxygen atoms in total. The quantitative estimate of drug-likeness (QED) is 0.667. The summed E-state index contributed by atoms with van der Waals surface area (Å²) in [6.45, 7) is 2.07. The van der Waals surface area contributed by atoms with Gasteiger partial charge in [-0.1, -0.05) is 48.0 Å². The van der Waals surface area contributed by atoms with E-state index in [1.807, 2.05) is 35.2 Å². The topological polar surface area (TPSA) is 33.2 Å². The van der Waals surface area contributed by atoms with Crippen molar-refractivity contribution in [2.45, 2.75) is 19.4 Å². The highest BCUT2D eigenvalue weighted by atomic mass is 16.2. The average Bonchev–Trinajstić information content (AvgIpc) is 2.54. The number of nitrogens with zero attached hydrogens (tertiary/aromatic N) is 2. The van der Waals surface area contributed by atoms with Gasteiger partial charge in [-0.05, 0) is 24.6 Å². The molecule has 0 saturated carbocycles. The molecule has 108 valence electrons. The van der Waals surface area contributed by atoms with Crippen LogP contribution in [0.2, 0.25) is 0 Å². The highest BCUT2D eigenvalue weighted by Gasteiger charge is 2.39. The third-order valence-corrected chi connectivity index (χ3v) is 4.28. The van der Waals surface area contributed by atoms with Gasteiger partial charge < -0.3 is 4.90 Å². The molecule has 0 spiro atoms. The molecule has 22 heavy (non-hydrogen) atoms. The number of amides is 1. The van der Waals surface area contributed by atoms with Crippen molar-refractivity contribution >= 4 is 22.5 Å². The number of aromatic nitrogens is 1. The monoisotopic (exact) mass is 288 g/mol. The molecule has 1 aromatic heterocycles. The van der Waals surface area contributed by atoms with Crippen LogP contribution in [0.15, 0.2) is 60.8 Å². The van der Waals surface area contributed by atoms with E-state index in [9.17, 15) is 4.79 Å². The Hall–Kier alpha value is -2.68. The Morgan fingerprint density at radius 3 is 2.59 bits per heavy atom. The Bertz CT molecular complexity index is 849. The van der Waals surface area contributed by atoms with Gasteiger partial charge in [-0.15, -0.1) is 0 Å². The second kappa shape index (κ2) is 4.95. The zero-order chi connectivity index (χ0) is 15.1. The highest BCUT2D eigenvalue weighted by Crippen LogP contribution is 2.41. The number of para-hydroxylation sites is 1. The van der Waals surface area contributed by atoms with Crippen LogP contribution in [0.4, 0.5) is 5.69 Å². The summed E-state index contributed by atoms with van der Waals surface area (Å²) in [6.07, 6.45) is 2.34. The van der Waals surface area contributed by atoms with Gasteiger partial charge in [0.1, 0.15) is 0 Å². The maximum absolute atomic E-state index is 12.2. The van der Waals surface area contributed by atoms with Crippen molar-refractivity contribution in [2.75, 3.05) is 4.90 Å². The fourth-order valence-corrected chi connectivity index (χ4v) is 3.06. The Kier molecular flexibility index (Phi) is 2.93. The number of carbonyl (C=O) groups excluding carboxylic acids is 1. The molecular formula is C19H16N2O. The van der Waals surface area contributed by atoms with Gasteiger partial charge in [0.25, 0.3) is 0 Å². The first-order valence-corrected chi connectivity index (χ1v) is 7.46. The Morgan fingerprint density at radius 2 is 1.82 bits per heavy atom. The number of fused-ring (bicyclic) bond motifs is 1. The van der Waals surface area contributed by atoms with Crippen molar-refractivity contribution in [3.8, 4) is 0 Å². The Balaban J connectivity index is 1.79. The van der Waals surface area contributed by atoms with Crippen molar-refractivity contribution in [1.82, 2.24) is 4.98 Å². The van der Waals surface area contributed by atoms with Gasteiger partial charge >= 0.3 is 0 Å². The van der Waals surface area contributed by atoms with E-state index in [4.69, 9.17) is 0 Å². The fraction of sp³-hybridized carbons (Fsp3) is 0.158. The SMILES string of the molecule is Cc1ccc(C2CC(=O)N2c2cccc3cccnc23)cc1. The minimum atomic E-state index is 0.112. The third kappa shape index (κ3) is 1.98. The normalized spacial score (nSPS) is 17.6. The number of aryl methyl sites for hydroxylation is 1. The van der Waals surface area contributed by atoms with E-state index in [0.717, 1.165) is 16.6 Å². The molecule has 1 aliphatic rings. The number of hydrogen-bond acceptors (Lipinski definition) is 2. The van der Waals surface area contributed by atoms with E-state index in [2.05, 4.69) is 36.2 Å². The van der Waals surface area contributed by atoms with Crippen molar-refractivity contribution < 1.29 is 4.79 Å². The summed E-state index contributed by atoms with van der Waals surface area (Å²) in [6, 6.07) is 18.5. The fourth-order valence-electron chi connectivity index (χ4n) is 3.06. The van der Waals surface area contributed by atoms with Crippen LogP contribution in [0.3, 0.4) is 0 Å². The van der Waals surface area contributed by atoms with Gasteiger partial charge in [-0.25, -0.2) is 0 Å². The first kappa shape index (κ1) is 13.0. The summed E-state index contributed by atoms with van der Waals surface area (Å²) in [5, 5.41) is 1.06. The van der Waals surface area contributed by atoms with Crippen molar-refractivity contribution in [1.29, 1.82) is 0 Å². The largest absolute Gasteiger partial charge is 0.302 e. The van der Waals surface area contributed by atoms with Gasteiger partial charge in [0.2, 0.25) is 5.91 Å². The number of anilines is 1. The van der Waals surface area contributed by atoms with E-state index < -0.39 is 0 Å². The summed E-state index contributed by atoms with van der Waals surface area (Å²) in [4.78, 5) is 18.6. The smallest absolute Gasteiger partial charge is 0.230 e. The first-order chi connectivity index (χ1) is 10.7. The second-order valence-corrected chi connectivity index (χ2v) is 5.75. The molecule has 0 N–H and O–H groups in total. The predicted octanol–water partition coefficient (Wildman–Crippen LogP) is 4.02. The lowest BCUT2D eigenvalue weighted by Gasteiger charge is -2.41. The van der Waals surface area contributed by atoms with Crippen molar-refractivity contribution in [2.24, 2.45) is 0 Å². The minimum absolute atomic E-state index is 0.112. The van der Waals surface area contributed by atoms with Crippen LogP contribution < -0.4 is 4.90 Å². The van der Waals surface area contributed by atoms with Crippen LogP contribution in [0.25, 0.3) is 10.9 Å². The lowest BCUT2D eigenvalue weighted by Crippen LogP contribution is -2.46. The first-order valence-electron chi connectivity index (χ1n) is 7.46. The van der Waals surface area contributed by atoms with E-state index in [-0.39, 0.29) is 11.9 Å². The molecule has 0 bridgehead atoms. The van der Waals surface area contributed by atoms with E-state index >= 15 is 0 Å². The van der Waals surface area contributed by atoms with E-state index in [0.29, 0.717) is 6.42 Å². The highest BCUT2D eigenvalue weighted by molar-refractivity contribution is 6.07. The lowest BCUT2D eigenvalue weighted by atomic mass is 9.92. The van der Waals surface area contributed by atoms with Crippen LogP contribution in [-0.4, -0.2) is 10.9 Å². The zero-order valence-corrected chi connectivity index (χ0v) is 12.4. The number of carbonyl (C=O) groups is 1. The van der Waals surface area contributed by atoms with Gasteiger partial charge in [-0.3, -0.25) is 9.78 Å². The van der Waals surface area contributed by atoms with Gasteiger partial charge in [0.05, 0.1) is 23.7 Å². The summed E-state index contributed by atoms with van der Waals surface area (Å²) >= 11 is 0. The molecule has 2 aromatic carbocycles. The molecule has 1 aliphatic heterocycles. The van der Waals surface area contributed by atoms with Gasteiger partial charge in [0, 0.05) is 11.6 Å². The second-order valence-electron chi connectivity index (χ2n) is 5.75. The summed E-state index contributed by atoms with van der Waals surface area (Å²) < 4.78 is 0. The van der Waals surface area contributed by atoms with Crippen LogP contribution in [0, 0.1) is 6.92 Å². The Morgan fingerprint density at radius 1 is 1.05 bits per heavy atom. The van der Waals surface area contributed by atoms with Crippen LogP contribution in [0.5, 0.6) is 0 Å². The maximum atomic E-state index is 12.2. The zero-order valence-electron chi connectivity index (χ0n) is 12.4. The number of rotatable bonds is 2. The maximum Gasteiger partial charge on any atom is 0.230 e. The molecular weight excluding hydrogens is 272 g/mol. The van der Waals surface area contributed by atoms with Crippen LogP contribution in [0.1, 0.15) is 23.6 Å². The van der Waals surface area contributed by atoms with Crippen LogP contribution >= 0.6 is 0 Å². The molecule has 1 amide bonds. The van der Waals surface area contributed by atoms with Crippen molar-refractivity contribution in [3.05, 3.63) is 71.9 Å². The minimum Gasteiger partial charge on any atom is -0.302 e. The molecule has 1 saturated heterocycles. The van der Waals surface area contributed by atoms with Crippen molar-refractivity contribution in [3.63, 3.8) is 0 Å². The molecule has 0 aliphatic carbocycles. The summed E-state index contributed by atoms with van der Waals surface area (Å²) in [5.74, 6) is 0.156. The number of pyridine rings is 1.